The van der Waals surface area contributed by atoms with Crippen LogP contribution in [0.15, 0.2) is 30.3 Å². The standard InChI is InChI=1S/C12H15NO3/c14-10-6-11(12(15)16)13(8-10)7-9-4-2-1-3-5-9/h1-5,10-11,14H,6-8H2,(H,15,16)/t10-,11+/m0/s1. The molecule has 1 aromatic carbocycles. The summed E-state index contributed by atoms with van der Waals surface area (Å²) in [5.74, 6) is -1.07. The number of quaternary nitrogens is 1. The van der Waals surface area contributed by atoms with E-state index in [0.717, 1.165) is 10.5 Å². The van der Waals surface area contributed by atoms with Gasteiger partial charge in [-0.2, -0.15) is 0 Å². The highest BCUT2D eigenvalue weighted by Gasteiger charge is 2.35. The van der Waals surface area contributed by atoms with Gasteiger partial charge in [0.25, 0.3) is 0 Å². The van der Waals surface area contributed by atoms with Crippen molar-refractivity contribution in [2.24, 2.45) is 0 Å². The molecule has 4 nitrogen and oxygen atoms in total. The lowest BCUT2D eigenvalue weighted by Crippen LogP contribution is -3.14. The summed E-state index contributed by atoms with van der Waals surface area (Å²) in [5.41, 5.74) is 1.08. The molecule has 1 heterocycles. The van der Waals surface area contributed by atoms with Crippen molar-refractivity contribution in [3.8, 4) is 0 Å². The number of carboxylic acids is 1. The Morgan fingerprint density at radius 3 is 2.75 bits per heavy atom. The number of aliphatic carboxylic acids is 1. The number of likely N-dealkylation sites (tertiary alicyclic amines) is 1. The summed E-state index contributed by atoms with van der Waals surface area (Å²) in [4.78, 5) is 11.8. The molecule has 86 valence electrons. The van der Waals surface area contributed by atoms with E-state index in [1.807, 2.05) is 30.3 Å². The van der Waals surface area contributed by atoms with Crippen LogP contribution in [0, 0.1) is 0 Å². The molecule has 0 radical (unpaired) electrons. The van der Waals surface area contributed by atoms with Gasteiger partial charge in [-0.15, -0.1) is 0 Å². The highest BCUT2D eigenvalue weighted by molar-refractivity contribution is 5.69. The van der Waals surface area contributed by atoms with Gasteiger partial charge in [0.15, 0.2) is 0 Å². The van der Waals surface area contributed by atoms with Crippen LogP contribution in [0.3, 0.4) is 0 Å². The van der Waals surface area contributed by atoms with Gasteiger partial charge in [0, 0.05) is 12.0 Å². The molecular formula is C12H15NO3. The Bertz CT molecular complexity index is 366. The van der Waals surface area contributed by atoms with Crippen molar-refractivity contribution >= 4 is 5.97 Å². The third-order valence-electron chi connectivity index (χ3n) is 3.06. The minimum Gasteiger partial charge on any atom is -0.544 e. The van der Waals surface area contributed by atoms with Crippen LogP contribution in [0.4, 0.5) is 0 Å². The molecule has 0 bridgehead atoms. The molecule has 16 heavy (non-hydrogen) atoms. The SMILES string of the molecule is O=C([O-])[C@H]1C[C@H](O)C[NH+]1Cc1ccccc1. The molecule has 1 aliphatic rings. The summed E-state index contributed by atoms with van der Waals surface area (Å²) in [5, 5.41) is 20.4. The molecule has 0 saturated carbocycles. The maximum atomic E-state index is 10.9. The molecular weight excluding hydrogens is 206 g/mol. The Hall–Kier alpha value is -1.39. The topological polar surface area (TPSA) is 64.8 Å². The molecule has 1 fully saturated rings. The minimum atomic E-state index is -1.07. The number of carboxylic acid groups (broad SMARTS) is 1. The number of carbonyl (C=O) groups is 1. The van der Waals surface area contributed by atoms with Crippen LogP contribution in [0.1, 0.15) is 12.0 Å². The quantitative estimate of drug-likeness (QED) is 0.618. The van der Waals surface area contributed by atoms with E-state index in [4.69, 9.17) is 0 Å². The molecule has 1 unspecified atom stereocenters. The monoisotopic (exact) mass is 221 g/mol. The predicted molar refractivity (Wildman–Crippen MR) is 55.4 cm³/mol. The number of nitrogens with one attached hydrogen (secondary N) is 1. The number of aliphatic hydroxyl groups is 1. The minimum absolute atomic E-state index is 0.296. The van der Waals surface area contributed by atoms with Gasteiger partial charge in [-0.25, -0.2) is 0 Å². The second-order valence-corrected chi connectivity index (χ2v) is 4.29. The maximum Gasteiger partial charge on any atom is 0.131 e. The second-order valence-electron chi connectivity index (χ2n) is 4.29. The third-order valence-corrected chi connectivity index (χ3v) is 3.06. The summed E-state index contributed by atoms with van der Waals surface area (Å²) in [6.45, 7) is 1.10. The Balaban J connectivity index is 2.06. The largest absolute Gasteiger partial charge is 0.544 e. The van der Waals surface area contributed by atoms with Gasteiger partial charge in [0.05, 0.1) is 5.97 Å². The average molecular weight is 221 g/mol. The van der Waals surface area contributed by atoms with Gasteiger partial charge in [-0.05, 0) is 0 Å². The summed E-state index contributed by atoms with van der Waals surface area (Å²) >= 11 is 0. The highest BCUT2D eigenvalue weighted by atomic mass is 16.4. The molecule has 2 N–H and O–H groups in total. The zero-order valence-electron chi connectivity index (χ0n) is 8.93. The van der Waals surface area contributed by atoms with E-state index in [0.29, 0.717) is 19.5 Å². The number of benzene rings is 1. The van der Waals surface area contributed by atoms with Gasteiger partial charge in [0.1, 0.15) is 25.2 Å². The summed E-state index contributed by atoms with van der Waals surface area (Å²) < 4.78 is 0. The van der Waals surface area contributed by atoms with Crippen molar-refractivity contribution in [2.45, 2.75) is 25.1 Å². The first-order chi connectivity index (χ1) is 7.66. The number of hydrogen-bond acceptors (Lipinski definition) is 3. The van der Waals surface area contributed by atoms with Gasteiger partial charge < -0.3 is 19.9 Å². The fourth-order valence-corrected chi connectivity index (χ4v) is 2.28. The van der Waals surface area contributed by atoms with Crippen molar-refractivity contribution in [3.63, 3.8) is 0 Å². The number of aliphatic hydroxyl groups excluding tert-OH is 1. The summed E-state index contributed by atoms with van der Waals surface area (Å²) in [6, 6.07) is 9.11. The van der Waals surface area contributed by atoms with Crippen molar-refractivity contribution in [3.05, 3.63) is 35.9 Å². The molecule has 0 aliphatic carbocycles. The average Bonchev–Trinajstić information content (AvgIpc) is 2.61. The van der Waals surface area contributed by atoms with Crippen LogP contribution >= 0.6 is 0 Å². The van der Waals surface area contributed by atoms with E-state index >= 15 is 0 Å². The van der Waals surface area contributed by atoms with E-state index in [2.05, 4.69) is 0 Å². The van der Waals surface area contributed by atoms with Crippen LogP contribution in [0.2, 0.25) is 0 Å². The van der Waals surface area contributed by atoms with Crippen LogP contribution < -0.4 is 10.0 Å². The third kappa shape index (κ3) is 2.40. The van der Waals surface area contributed by atoms with E-state index in [-0.39, 0.29) is 0 Å². The zero-order chi connectivity index (χ0) is 11.5. The number of rotatable bonds is 3. The molecule has 1 saturated heterocycles. The Morgan fingerprint density at radius 2 is 2.12 bits per heavy atom. The summed E-state index contributed by atoms with van der Waals surface area (Å²) in [7, 11) is 0. The van der Waals surface area contributed by atoms with Gasteiger partial charge in [-0.3, -0.25) is 0 Å². The Kier molecular flexibility index (Phi) is 3.22. The van der Waals surface area contributed by atoms with E-state index in [9.17, 15) is 15.0 Å². The molecule has 2 rings (SSSR count). The van der Waals surface area contributed by atoms with E-state index in [1.54, 1.807) is 0 Å². The van der Waals surface area contributed by atoms with Crippen LogP contribution in [-0.4, -0.2) is 29.8 Å². The molecule has 1 aliphatic heterocycles. The molecule has 0 amide bonds. The lowest BCUT2D eigenvalue weighted by atomic mass is 10.2. The molecule has 0 aromatic heterocycles. The molecule has 3 atom stereocenters. The predicted octanol–water partition coefficient (Wildman–Crippen LogP) is -2.05. The second kappa shape index (κ2) is 4.63. The fourth-order valence-electron chi connectivity index (χ4n) is 2.28. The van der Waals surface area contributed by atoms with Gasteiger partial charge in [-0.1, -0.05) is 30.3 Å². The Labute approximate surface area is 94.1 Å². The molecule has 0 spiro atoms. The van der Waals surface area contributed by atoms with Crippen molar-refractivity contribution < 1.29 is 19.9 Å². The van der Waals surface area contributed by atoms with Crippen molar-refractivity contribution in [2.75, 3.05) is 6.54 Å². The van der Waals surface area contributed by atoms with Crippen LogP contribution in [-0.2, 0) is 11.3 Å². The fraction of sp³-hybridized carbons (Fsp3) is 0.417. The van der Waals surface area contributed by atoms with Crippen molar-refractivity contribution in [1.82, 2.24) is 0 Å². The molecule has 1 aromatic rings. The first kappa shape index (κ1) is 11.1. The smallest absolute Gasteiger partial charge is 0.131 e. The normalized spacial score (nSPS) is 29.2. The lowest BCUT2D eigenvalue weighted by molar-refractivity contribution is -0.920. The molecule has 4 heteroatoms. The number of carbonyl (C=O) groups excluding carboxylic acids is 1. The number of hydrogen-bond donors (Lipinski definition) is 2. The van der Waals surface area contributed by atoms with Crippen LogP contribution in [0.25, 0.3) is 0 Å². The lowest BCUT2D eigenvalue weighted by Gasteiger charge is -2.21. The van der Waals surface area contributed by atoms with Crippen LogP contribution in [0.5, 0.6) is 0 Å². The summed E-state index contributed by atoms with van der Waals surface area (Å²) in [6.07, 6.45) is -0.230. The zero-order valence-corrected chi connectivity index (χ0v) is 8.93. The van der Waals surface area contributed by atoms with Gasteiger partial charge >= 0.3 is 0 Å². The maximum absolute atomic E-state index is 10.9. The first-order valence-corrected chi connectivity index (χ1v) is 5.44. The van der Waals surface area contributed by atoms with E-state index in [1.165, 1.54) is 0 Å². The van der Waals surface area contributed by atoms with E-state index < -0.39 is 18.1 Å². The first-order valence-electron chi connectivity index (χ1n) is 5.44. The Morgan fingerprint density at radius 1 is 1.44 bits per heavy atom. The van der Waals surface area contributed by atoms with Crippen molar-refractivity contribution in [1.29, 1.82) is 0 Å². The van der Waals surface area contributed by atoms with Gasteiger partial charge in [0.2, 0.25) is 0 Å². The highest BCUT2D eigenvalue weighted by Crippen LogP contribution is 2.03.